The molecule has 0 fully saturated rings. The third-order valence-electron chi connectivity index (χ3n) is 4.56. The van der Waals surface area contributed by atoms with Crippen LogP contribution in [0.15, 0.2) is 53.4 Å². The number of rotatable bonds is 5. The van der Waals surface area contributed by atoms with Crippen molar-refractivity contribution in [2.24, 2.45) is 0 Å². The van der Waals surface area contributed by atoms with Crippen LogP contribution >= 0.6 is 11.6 Å². The molecule has 0 heterocycles. The van der Waals surface area contributed by atoms with Crippen LogP contribution in [0.1, 0.15) is 21.5 Å². The molecule has 0 spiro atoms. The van der Waals surface area contributed by atoms with Gasteiger partial charge in [-0.25, -0.2) is 22.0 Å². The maximum atomic E-state index is 14.4. The molecule has 0 saturated carbocycles. The fraction of sp³-hybridized carbons (Fsp3) is 0.0952. The summed E-state index contributed by atoms with van der Waals surface area (Å²) in [4.78, 5) is 10.7. The van der Waals surface area contributed by atoms with E-state index in [-0.39, 0.29) is 16.7 Å². The minimum atomic E-state index is -4.45. The number of aromatic carboxylic acids is 1. The maximum Gasteiger partial charge on any atom is 0.336 e. The van der Waals surface area contributed by atoms with E-state index in [1.807, 2.05) is 0 Å². The number of phenols is 1. The molecular weight excluding hydrogens is 438 g/mol. The van der Waals surface area contributed by atoms with E-state index in [1.165, 1.54) is 6.92 Å². The van der Waals surface area contributed by atoms with E-state index in [9.17, 15) is 32.2 Å². The summed E-state index contributed by atoms with van der Waals surface area (Å²) in [6.45, 7) is 1.20. The summed E-state index contributed by atoms with van der Waals surface area (Å²) in [7, 11) is -4.45. The van der Waals surface area contributed by atoms with Gasteiger partial charge < -0.3 is 10.2 Å². The summed E-state index contributed by atoms with van der Waals surface area (Å²) >= 11 is 5.80. The Labute approximate surface area is 176 Å². The number of carboxylic acids is 1. The third-order valence-corrected chi connectivity index (χ3v) is 6.67. The Morgan fingerprint density at radius 1 is 1.07 bits per heavy atom. The molecule has 3 aromatic rings. The summed E-state index contributed by atoms with van der Waals surface area (Å²) in [5, 5.41) is 19.0. The molecule has 0 aliphatic heterocycles. The molecule has 0 amide bonds. The van der Waals surface area contributed by atoms with Gasteiger partial charge in [-0.1, -0.05) is 41.9 Å². The largest absolute Gasteiger partial charge is 0.505 e. The highest BCUT2D eigenvalue weighted by Gasteiger charge is 2.29. The molecule has 2 N–H and O–H groups in total. The van der Waals surface area contributed by atoms with Crippen LogP contribution in [0.25, 0.3) is 11.1 Å². The molecule has 3 aromatic carbocycles. The third kappa shape index (κ3) is 4.01. The Morgan fingerprint density at radius 2 is 1.70 bits per heavy atom. The van der Waals surface area contributed by atoms with Crippen molar-refractivity contribution >= 4 is 27.4 Å². The van der Waals surface area contributed by atoms with Crippen LogP contribution in [0, 0.1) is 18.6 Å². The van der Waals surface area contributed by atoms with Gasteiger partial charge in [-0.15, -0.1) is 0 Å². The average molecular weight is 453 g/mol. The van der Waals surface area contributed by atoms with Crippen LogP contribution in [0.4, 0.5) is 8.78 Å². The zero-order valence-corrected chi connectivity index (χ0v) is 17.1. The first kappa shape index (κ1) is 21.7. The lowest BCUT2D eigenvalue weighted by Crippen LogP contribution is -2.12. The Morgan fingerprint density at radius 3 is 2.30 bits per heavy atom. The number of carbonyl (C=O) groups is 1. The Bertz CT molecular complexity index is 1260. The van der Waals surface area contributed by atoms with Gasteiger partial charge in [0.1, 0.15) is 16.5 Å². The Balaban J connectivity index is 2.15. The van der Waals surface area contributed by atoms with Crippen molar-refractivity contribution in [2.75, 3.05) is 0 Å². The predicted molar refractivity (Wildman–Crippen MR) is 107 cm³/mol. The summed E-state index contributed by atoms with van der Waals surface area (Å²) in [5.41, 5.74) is -0.578. The van der Waals surface area contributed by atoms with Gasteiger partial charge in [-0.2, -0.15) is 0 Å². The number of aromatic hydroxyl groups is 1. The first-order valence-electron chi connectivity index (χ1n) is 8.54. The van der Waals surface area contributed by atoms with Crippen LogP contribution in [0.2, 0.25) is 5.02 Å². The quantitative estimate of drug-likeness (QED) is 0.570. The first-order valence-corrected chi connectivity index (χ1v) is 10.6. The van der Waals surface area contributed by atoms with Crippen molar-refractivity contribution in [3.63, 3.8) is 0 Å². The Hall–Kier alpha value is -2.97. The van der Waals surface area contributed by atoms with Gasteiger partial charge in [0.05, 0.1) is 16.3 Å². The molecule has 0 aromatic heterocycles. The van der Waals surface area contributed by atoms with Crippen molar-refractivity contribution in [1.29, 1.82) is 0 Å². The molecule has 0 aliphatic rings. The van der Waals surface area contributed by atoms with Crippen LogP contribution in [-0.2, 0) is 15.6 Å². The number of benzene rings is 3. The summed E-state index contributed by atoms with van der Waals surface area (Å²) in [5.74, 6) is -5.16. The van der Waals surface area contributed by atoms with Crippen LogP contribution in [0.5, 0.6) is 5.75 Å². The number of sulfone groups is 1. The number of hydrogen-bond donors (Lipinski definition) is 2. The number of hydrogen-bond acceptors (Lipinski definition) is 4. The number of halogens is 3. The van der Waals surface area contributed by atoms with Gasteiger partial charge in [0.15, 0.2) is 15.6 Å². The monoisotopic (exact) mass is 452 g/mol. The minimum absolute atomic E-state index is 0.000429. The molecule has 0 unspecified atom stereocenters. The van der Waals surface area contributed by atoms with E-state index in [2.05, 4.69) is 0 Å². The molecule has 3 rings (SSSR count). The van der Waals surface area contributed by atoms with E-state index >= 15 is 0 Å². The predicted octanol–water partition coefficient (Wildman–Crippen LogP) is 4.97. The molecule has 0 aliphatic carbocycles. The van der Waals surface area contributed by atoms with E-state index in [4.69, 9.17) is 11.6 Å². The normalized spacial score (nSPS) is 11.5. The molecule has 0 atom stereocenters. The van der Waals surface area contributed by atoms with Crippen LogP contribution in [0.3, 0.4) is 0 Å². The average Bonchev–Trinajstić information content (AvgIpc) is 2.67. The standard InChI is InChI=1S/C21H15ClF2O5S/c1-11-14(21(26)27)8-16(22)19(25)20(11)30(28,29)10-13-7-15(18(24)9-17(13)23)12-5-3-2-4-6-12/h2-9,25H,10H2,1H3,(H,26,27). The van der Waals surface area contributed by atoms with Gasteiger partial charge in [-0.05, 0) is 30.2 Å². The lowest BCUT2D eigenvalue weighted by atomic mass is 10.0. The molecule has 0 bridgehead atoms. The molecule has 156 valence electrons. The molecule has 0 radical (unpaired) electrons. The van der Waals surface area contributed by atoms with Gasteiger partial charge in [0, 0.05) is 17.2 Å². The SMILES string of the molecule is Cc1c(C(=O)O)cc(Cl)c(O)c1S(=O)(=O)Cc1cc(-c2ccccc2)c(F)cc1F. The molecular formula is C21H15ClF2O5S. The van der Waals surface area contributed by atoms with Gasteiger partial charge >= 0.3 is 5.97 Å². The van der Waals surface area contributed by atoms with E-state index in [0.29, 0.717) is 11.6 Å². The van der Waals surface area contributed by atoms with Crippen molar-refractivity contribution in [3.8, 4) is 16.9 Å². The highest BCUT2D eigenvalue weighted by Crippen LogP contribution is 2.38. The fourth-order valence-corrected chi connectivity index (χ4v) is 5.15. The lowest BCUT2D eigenvalue weighted by molar-refractivity contribution is 0.0695. The second-order valence-corrected chi connectivity index (χ2v) is 8.90. The minimum Gasteiger partial charge on any atom is -0.505 e. The van der Waals surface area contributed by atoms with Crippen LogP contribution in [-0.4, -0.2) is 24.6 Å². The second-order valence-electron chi connectivity index (χ2n) is 6.56. The highest BCUT2D eigenvalue weighted by molar-refractivity contribution is 7.90. The zero-order chi connectivity index (χ0) is 22.2. The second kappa shape index (κ2) is 8.04. The number of carboxylic acid groups (broad SMARTS) is 1. The molecule has 0 saturated heterocycles. The first-order chi connectivity index (χ1) is 14.0. The van der Waals surface area contributed by atoms with Crippen molar-refractivity contribution in [3.05, 3.63) is 81.9 Å². The Kier molecular flexibility index (Phi) is 5.83. The molecule has 30 heavy (non-hydrogen) atoms. The zero-order valence-electron chi connectivity index (χ0n) is 15.5. The highest BCUT2D eigenvalue weighted by atomic mass is 35.5. The van der Waals surface area contributed by atoms with Gasteiger partial charge in [-0.3, -0.25) is 0 Å². The van der Waals surface area contributed by atoms with Crippen LogP contribution < -0.4 is 0 Å². The van der Waals surface area contributed by atoms with E-state index in [0.717, 1.165) is 12.1 Å². The molecule has 5 nitrogen and oxygen atoms in total. The topological polar surface area (TPSA) is 91.7 Å². The smallest absolute Gasteiger partial charge is 0.336 e. The van der Waals surface area contributed by atoms with Gasteiger partial charge in [0.2, 0.25) is 0 Å². The van der Waals surface area contributed by atoms with E-state index < -0.39 is 54.4 Å². The number of phenolic OH excluding ortho intramolecular Hbond substituents is 1. The van der Waals surface area contributed by atoms with Crippen molar-refractivity contribution in [1.82, 2.24) is 0 Å². The lowest BCUT2D eigenvalue weighted by Gasteiger charge is -2.14. The summed E-state index contributed by atoms with van der Waals surface area (Å²) in [6, 6.07) is 10.8. The fourth-order valence-electron chi connectivity index (χ4n) is 3.13. The molecule has 9 heteroatoms. The summed E-state index contributed by atoms with van der Waals surface area (Å²) < 4.78 is 54.6. The maximum absolute atomic E-state index is 14.4. The van der Waals surface area contributed by atoms with E-state index in [1.54, 1.807) is 30.3 Å². The van der Waals surface area contributed by atoms with Crippen molar-refractivity contribution < 1.29 is 32.2 Å². The van der Waals surface area contributed by atoms with Gasteiger partial charge in [0.25, 0.3) is 0 Å². The van der Waals surface area contributed by atoms with Crippen molar-refractivity contribution in [2.45, 2.75) is 17.6 Å². The summed E-state index contributed by atoms with van der Waals surface area (Å²) in [6.07, 6.45) is 0.